The van der Waals surface area contributed by atoms with Gasteiger partial charge in [-0.2, -0.15) is 0 Å². The zero-order valence-electron chi connectivity index (χ0n) is 18.1. The standard InChI is InChI=1S/C23H29N3O5/c1-14-12-19(31-26-14)13-20(27)24-18-10-8-16(9-11-18)15-4-6-17(7-5-15)21(28)25-23(2,3)22(29)30/h8-12,15,17H,4-7,13H2,1-3H3,(H,24,27)(H,25,28)(H,29,30)/t15-,17-. The van der Waals surface area contributed by atoms with Gasteiger partial charge < -0.3 is 20.3 Å². The number of nitrogens with one attached hydrogen (secondary N) is 2. The minimum Gasteiger partial charge on any atom is -0.480 e. The van der Waals surface area contributed by atoms with Crippen LogP contribution in [0.15, 0.2) is 34.9 Å². The van der Waals surface area contributed by atoms with Crippen molar-refractivity contribution in [3.8, 4) is 0 Å². The number of carboxylic acids is 1. The second kappa shape index (κ2) is 9.32. The Kier molecular flexibility index (Phi) is 6.77. The fraction of sp³-hybridized carbons (Fsp3) is 0.478. The lowest BCUT2D eigenvalue weighted by Gasteiger charge is -2.30. The van der Waals surface area contributed by atoms with Gasteiger partial charge in [0.2, 0.25) is 11.8 Å². The number of nitrogens with zero attached hydrogens (tertiary/aromatic N) is 1. The number of carbonyl (C=O) groups excluding carboxylic acids is 2. The highest BCUT2D eigenvalue weighted by atomic mass is 16.5. The number of benzene rings is 1. The summed E-state index contributed by atoms with van der Waals surface area (Å²) in [5.74, 6) is -0.686. The first kappa shape index (κ1) is 22.5. The van der Waals surface area contributed by atoms with Crippen LogP contribution in [0.1, 0.15) is 62.5 Å². The lowest BCUT2D eigenvalue weighted by atomic mass is 9.78. The number of rotatable bonds is 7. The molecule has 8 heteroatoms. The molecule has 3 rings (SSSR count). The minimum absolute atomic E-state index is 0.132. The van der Waals surface area contributed by atoms with E-state index in [1.807, 2.05) is 24.3 Å². The minimum atomic E-state index is -1.26. The van der Waals surface area contributed by atoms with Gasteiger partial charge in [-0.15, -0.1) is 0 Å². The molecule has 0 atom stereocenters. The number of amides is 2. The smallest absolute Gasteiger partial charge is 0.328 e. The van der Waals surface area contributed by atoms with Crippen molar-refractivity contribution in [2.24, 2.45) is 5.92 Å². The predicted molar refractivity (Wildman–Crippen MR) is 115 cm³/mol. The van der Waals surface area contributed by atoms with E-state index in [4.69, 9.17) is 4.52 Å². The van der Waals surface area contributed by atoms with Gasteiger partial charge in [0.05, 0.1) is 12.1 Å². The number of anilines is 1. The molecule has 1 heterocycles. The average molecular weight is 428 g/mol. The highest BCUT2D eigenvalue weighted by Crippen LogP contribution is 2.36. The van der Waals surface area contributed by atoms with E-state index in [0.29, 0.717) is 17.4 Å². The monoisotopic (exact) mass is 427 g/mol. The van der Waals surface area contributed by atoms with Gasteiger partial charge in [0, 0.05) is 17.7 Å². The van der Waals surface area contributed by atoms with Gasteiger partial charge in [-0.1, -0.05) is 17.3 Å². The third kappa shape index (κ3) is 5.93. The summed E-state index contributed by atoms with van der Waals surface area (Å²) in [7, 11) is 0. The molecule has 0 spiro atoms. The van der Waals surface area contributed by atoms with E-state index in [0.717, 1.165) is 31.4 Å². The summed E-state index contributed by atoms with van der Waals surface area (Å²) in [6.45, 7) is 4.79. The van der Waals surface area contributed by atoms with Crippen molar-refractivity contribution in [3.05, 3.63) is 47.3 Å². The molecule has 2 aromatic rings. The second-order valence-corrected chi connectivity index (χ2v) is 8.75. The van der Waals surface area contributed by atoms with Gasteiger partial charge in [-0.3, -0.25) is 9.59 Å². The zero-order valence-corrected chi connectivity index (χ0v) is 18.1. The van der Waals surface area contributed by atoms with Crippen LogP contribution >= 0.6 is 0 Å². The van der Waals surface area contributed by atoms with Crippen LogP contribution in [0.2, 0.25) is 0 Å². The number of aliphatic carboxylic acids is 1. The summed E-state index contributed by atoms with van der Waals surface area (Å²) >= 11 is 0. The highest BCUT2D eigenvalue weighted by Gasteiger charge is 2.33. The largest absolute Gasteiger partial charge is 0.480 e. The predicted octanol–water partition coefficient (Wildman–Crippen LogP) is 3.42. The van der Waals surface area contributed by atoms with Gasteiger partial charge in [0.15, 0.2) is 0 Å². The van der Waals surface area contributed by atoms with E-state index < -0.39 is 11.5 Å². The summed E-state index contributed by atoms with van der Waals surface area (Å²) < 4.78 is 5.07. The van der Waals surface area contributed by atoms with Crippen LogP contribution in [0.4, 0.5) is 5.69 Å². The van der Waals surface area contributed by atoms with E-state index in [2.05, 4.69) is 15.8 Å². The molecule has 0 bridgehead atoms. The summed E-state index contributed by atoms with van der Waals surface area (Å²) in [5.41, 5.74) is 1.37. The number of hydrogen-bond acceptors (Lipinski definition) is 5. The maximum absolute atomic E-state index is 12.4. The van der Waals surface area contributed by atoms with Crippen molar-refractivity contribution in [3.63, 3.8) is 0 Å². The van der Waals surface area contributed by atoms with Crippen LogP contribution in [0.3, 0.4) is 0 Å². The third-order valence-electron chi connectivity index (χ3n) is 5.75. The quantitative estimate of drug-likeness (QED) is 0.622. The fourth-order valence-corrected chi connectivity index (χ4v) is 3.85. The molecule has 1 fully saturated rings. The Morgan fingerprint density at radius 1 is 1.13 bits per heavy atom. The van der Waals surface area contributed by atoms with E-state index in [9.17, 15) is 19.5 Å². The molecule has 3 N–H and O–H groups in total. The van der Waals surface area contributed by atoms with Crippen LogP contribution in [0.25, 0.3) is 0 Å². The third-order valence-corrected chi connectivity index (χ3v) is 5.75. The molecular weight excluding hydrogens is 398 g/mol. The van der Waals surface area contributed by atoms with E-state index in [1.165, 1.54) is 19.4 Å². The van der Waals surface area contributed by atoms with Gasteiger partial charge in [-0.25, -0.2) is 4.79 Å². The van der Waals surface area contributed by atoms with Gasteiger partial charge in [-0.05, 0) is 70.1 Å². The van der Waals surface area contributed by atoms with Gasteiger partial charge in [0.25, 0.3) is 0 Å². The number of aryl methyl sites for hydroxylation is 1. The molecule has 166 valence electrons. The Hall–Kier alpha value is -3.16. The molecule has 0 saturated heterocycles. The molecule has 1 aromatic heterocycles. The van der Waals surface area contributed by atoms with Crippen LogP contribution in [0, 0.1) is 12.8 Å². The first-order valence-corrected chi connectivity index (χ1v) is 10.5. The Labute approximate surface area is 181 Å². The lowest BCUT2D eigenvalue weighted by Crippen LogP contribution is -2.51. The molecule has 1 aromatic carbocycles. The van der Waals surface area contributed by atoms with Gasteiger partial charge in [0.1, 0.15) is 11.3 Å². The summed E-state index contributed by atoms with van der Waals surface area (Å²) in [6, 6.07) is 9.52. The molecule has 1 aliphatic rings. The van der Waals surface area contributed by atoms with Crippen molar-refractivity contribution in [2.45, 2.75) is 64.3 Å². The van der Waals surface area contributed by atoms with Crippen molar-refractivity contribution in [1.29, 1.82) is 0 Å². The number of hydrogen-bond donors (Lipinski definition) is 3. The molecule has 0 radical (unpaired) electrons. The van der Waals surface area contributed by atoms with E-state index in [1.54, 1.807) is 13.0 Å². The van der Waals surface area contributed by atoms with Crippen molar-refractivity contribution in [1.82, 2.24) is 10.5 Å². The first-order chi connectivity index (χ1) is 14.6. The molecule has 2 amide bonds. The van der Waals surface area contributed by atoms with E-state index >= 15 is 0 Å². The topological polar surface area (TPSA) is 122 Å². The van der Waals surface area contributed by atoms with Crippen molar-refractivity contribution >= 4 is 23.5 Å². The molecule has 31 heavy (non-hydrogen) atoms. The molecule has 0 aliphatic heterocycles. The number of carboxylic acid groups (broad SMARTS) is 1. The normalized spacial score (nSPS) is 18.9. The Bertz CT molecular complexity index is 940. The second-order valence-electron chi connectivity index (χ2n) is 8.75. The lowest BCUT2D eigenvalue weighted by molar-refractivity contribution is -0.146. The van der Waals surface area contributed by atoms with Crippen LogP contribution in [0.5, 0.6) is 0 Å². The number of aromatic nitrogens is 1. The van der Waals surface area contributed by atoms with Gasteiger partial charge >= 0.3 is 5.97 Å². The van der Waals surface area contributed by atoms with Crippen LogP contribution in [-0.4, -0.2) is 33.6 Å². The molecule has 1 saturated carbocycles. The molecule has 8 nitrogen and oxygen atoms in total. The summed E-state index contributed by atoms with van der Waals surface area (Å²) in [4.78, 5) is 35.8. The molecular formula is C23H29N3O5. The fourth-order valence-electron chi connectivity index (χ4n) is 3.85. The Morgan fingerprint density at radius 3 is 2.32 bits per heavy atom. The maximum atomic E-state index is 12.4. The maximum Gasteiger partial charge on any atom is 0.328 e. The Morgan fingerprint density at radius 2 is 1.77 bits per heavy atom. The first-order valence-electron chi connectivity index (χ1n) is 10.5. The highest BCUT2D eigenvalue weighted by molar-refractivity contribution is 5.92. The van der Waals surface area contributed by atoms with Crippen molar-refractivity contribution < 1.29 is 24.0 Å². The average Bonchev–Trinajstić information content (AvgIpc) is 3.12. The summed E-state index contributed by atoms with van der Waals surface area (Å²) in [6.07, 6.45) is 3.31. The SMILES string of the molecule is Cc1cc(CC(=O)Nc2ccc([C@H]3CC[C@H](C(=O)NC(C)(C)C(=O)O)CC3)cc2)on1. The zero-order chi connectivity index (χ0) is 22.6. The van der Waals surface area contributed by atoms with Crippen molar-refractivity contribution in [2.75, 3.05) is 5.32 Å². The molecule has 0 unspecified atom stereocenters. The molecule has 1 aliphatic carbocycles. The Balaban J connectivity index is 1.49. The van der Waals surface area contributed by atoms with Crippen LogP contribution < -0.4 is 10.6 Å². The number of carbonyl (C=O) groups is 3. The summed E-state index contributed by atoms with van der Waals surface area (Å²) in [5, 5.41) is 18.4. The van der Waals surface area contributed by atoms with E-state index in [-0.39, 0.29) is 24.2 Å². The van der Waals surface area contributed by atoms with Crippen LogP contribution in [-0.2, 0) is 20.8 Å².